The molecule has 0 bridgehead atoms. The molecule has 1 unspecified atom stereocenters. The number of nitrogens with one attached hydrogen (secondary N) is 1. The standard InChI is InChI=1S/C8H16N2O2/c1-6(9)4-7(12)10-8(5-11)2-3-8/h6,11H,2-5,9H2,1H3,(H,10,12). The van der Waals surface area contributed by atoms with Gasteiger partial charge in [-0.15, -0.1) is 0 Å². The predicted molar refractivity (Wildman–Crippen MR) is 45.5 cm³/mol. The molecule has 1 amide bonds. The van der Waals surface area contributed by atoms with Crippen LogP contribution < -0.4 is 11.1 Å². The Kier molecular flexibility index (Phi) is 2.69. The molecule has 1 atom stereocenters. The molecule has 0 aromatic heterocycles. The highest BCUT2D eigenvalue weighted by molar-refractivity contribution is 5.77. The van der Waals surface area contributed by atoms with Gasteiger partial charge in [0, 0.05) is 12.5 Å². The Morgan fingerprint density at radius 3 is 2.67 bits per heavy atom. The van der Waals surface area contributed by atoms with E-state index in [4.69, 9.17) is 10.8 Å². The summed E-state index contributed by atoms with van der Waals surface area (Å²) >= 11 is 0. The largest absolute Gasteiger partial charge is 0.394 e. The number of hydrogen-bond acceptors (Lipinski definition) is 3. The number of nitrogens with two attached hydrogens (primary N) is 1. The van der Waals surface area contributed by atoms with Gasteiger partial charge >= 0.3 is 0 Å². The maximum absolute atomic E-state index is 11.2. The normalized spacial score (nSPS) is 21.6. The molecule has 0 aromatic rings. The first-order chi connectivity index (χ1) is 5.58. The maximum Gasteiger partial charge on any atom is 0.222 e. The molecule has 0 aromatic carbocycles. The van der Waals surface area contributed by atoms with E-state index in [-0.39, 0.29) is 24.1 Å². The van der Waals surface area contributed by atoms with E-state index >= 15 is 0 Å². The fourth-order valence-corrected chi connectivity index (χ4v) is 1.11. The number of aliphatic hydroxyl groups is 1. The Balaban J connectivity index is 2.26. The molecule has 1 rings (SSSR count). The highest BCUT2D eigenvalue weighted by atomic mass is 16.3. The third-order valence-corrected chi connectivity index (χ3v) is 2.07. The van der Waals surface area contributed by atoms with Gasteiger partial charge in [-0.05, 0) is 19.8 Å². The van der Waals surface area contributed by atoms with E-state index in [0.717, 1.165) is 12.8 Å². The van der Waals surface area contributed by atoms with E-state index in [1.807, 2.05) is 0 Å². The van der Waals surface area contributed by atoms with Gasteiger partial charge in [0.2, 0.25) is 5.91 Å². The van der Waals surface area contributed by atoms with Crippen LogP contribution in [-0.2, 0) is 4.79 Å². The topological polar surface area (TPSA) is 75.4 Å². The molecule has 4 N–H and O–H groups in total. The van der Waals surface area contributed by atoms with Crippen molar-refractivity contribution in [3.63, 3.8) is 0 Å². The van der Waals surface area contributed by atoms with Crippen LogP contribution in [0.4, 0.5) is 0 Å². The Morgan fingerprint density at radius 2 is 2.33 bits per heavy atom. The summed E-state index contributed by atoms with van der Waals surface area (Å²) in [6.45, 7) is 1.83. The zero-order valence-corrected chi connectivity index (χ0v) is 7.34. The summed E-state index contributed by atoms with van der Waals surface area (Å²) in [4.78, 5) is 11.2. The highest BCUT2D eigenvalue weighted by Gasteiger charge is 2.43. The van der Waals surface area contributed by atoms with Crippen LogP contribution in [0, 0.1) is 0 Å². The Hall–Kier alpha value is -0.610. The molecule has 0 heterocycles. The zero-order valence-electron chi connectivity index (χ0n) is 7.34. The second-order valence-electron chi connectivity index (χ2n) is 3.67. The van der Waals surface area contributed by atoms with Crippen LogP contribution in [0.3, 0.4) is 0 Å². The van der Waals surface area contributed by atoms with Gasteiger partial charge in [-0.1, -0.05) is 0 Å². The summed E-state index contributed by atoms with van der Waals surface area (Å²) in [5, 5.41) is 11.7. The quantitative estimate of drug-likeness (QED) is 0.528. The van der Waals surface area contributed by atoms with Gasteiger partial charge in [0.1, 0.15) is 0 Å². The highest BCUT2D eigenvalue weighted by Crippen LogP contribution is 2.34. The van der Waals surface area contributed by atoms with Crippen LogP contribution in [0.2, 0.25) is 0 Å². The van der Waals surface area contributed by atoms with E-state index in [1.54, 1.807) is 6.92 Å². The number of hydrogen-bond donors (Lipinski definition) is 3. The van der Waals surface area contributed by atoms with E-state index < -0.39 is 0 Å². The fourth-order valence-electron chi connectivity index (χ4n) is 1.11. The minimum Gasteiger partial charge on any atom is -0.394 e. The van der Waals surface area contributed by atoms with E-state index in [0.29, 0.717) is 6.42 Å². The first-order valence-electron chi connectivity index (χ1n) is 4.25. The third-order valence-electron chi connectivity index (χ3n) is 2.07. The molecule has 1 aliphatic carbocycles. The van der Waals surface area contributed by atoms with E-state index in [1.165, 1.54) is 0 Å². The predicted octanol–water partition coefficient (Wildman–Crippen LogP) is -0.635. The number of amides is 1. The van der Waals surface area contributed by atoms with Crippen LogP contribution >= 0.6 is 0 Å². The van der Waals surface area contributed by atoms with Gasteiger partial charge < -0.3 is 16.2 Å². The van der Waals surface area contributed by atoms with Crippen LogP contribution in [0.5, 0.6) is 0 Å². The average molecular weight is 172 g/mol. The second kappa shape index (κ2) is 3.41. The molecular formula is C8H16N2O2. The summed E-state index contributed by atoms with van der Waals surface area (Å²) in [7, 11) is 0. The molecular weight excluding hydrogens is 156 g/mol. The van der Waals surface area contributed by atoms with Crippen molar-refractivity contribution in [2.24, 2.45) is 5.73 Å². The maximum atomic E-state index is 11.2. The summed E-state index contributed by atoms with van der Waals surface area (Å²) in [5.74, 6) is -0.0587. The van der Waals surface area contributed by atoms with Crippen molar-refractivity contribution in [3.8, 4) is 0 Å². The molecule has 1 aliphatic rings. The molecule has 1 fully saturated rings. The van der Waals surface area contributed by atoms with Gasteiger partial charge in [0.25, 0.3) is 0 Å². The number of carbonyl (C=O) groups is 1. The molecule has 1 saturated carbocycles. The van der Waals surface area contributed by atoms with Gasteiger partial charge in [0.15, 0.2) is 0 Å². The van der Waals surface area contributed by atoms with Crippen molar-refractivity contribution in [3.05, 3.63) is 0 Å². The molecule has 12 heavy (non-hydrogen) atoms. The van der Waals surface area contributed by atoms with Gasteiger partial charge in [-0.25, -0.2) is 0 Å². The van der Waals surface area contributed by atoms with Crippen molar-refractivity contribution >= 4 is 5.91 Å². The first kappa shape index (κ1) is 9.48. The summed E-state index contributed by atoms with van der Waals surface area (Å²) in [6, 6.07) is -0.112. The first-order valence-corrected chi connectivity index (χ1v) is 4.25. The van der Waals surface area contributed by atoms with E-state index in [2.05, 4.69) is 5.32 Å². The molecule has 4 heteroatoms. The number of rotatable bonds is 4. The Morgan fingerprint density at radius 1 is 1.75 bits per heavy atom. The lowest BCUT2D eigenvalue weighted by atomic mass is 10.2. The van der Waals surface area contributed by atoms with Crippen LogP contribution in [0.15, 0.2) is 0 Å². The van der Waals surface area contributed by atoms with Crippen LogP contribution in [0.25, 0.3) is 0 Å². The van der Waals surface area contributed by atoms with Crippen molar-refractivity contribution in [1.82, 2.24) is 5.32 Å². The zero-order chi connectivity index (χ0) is 9.19. The van der Waals surface area contributed by atoms with E-state index in [9.17, 15) is 4.79 Å². The monoisotopic (exact) mass is 172 g/mol. The summed E-state index contributed by atoms with van der Waals surface area (Å²) < 4.78 is 0. The molecule has 0 aliphatic heterocycles. The van der Waals surface area contributed by atoms with Crippen LogP contribution in [0.1, 0.15) is 26.2 Å². The molecule has 70 valence electrons. The average Bonchev–Trinajstić information content (AvgIpc) is 2.67. The van der Waals surface area contributed by atoms with Gasteiger partial charge in [-0.3, -0.25) is 4.79 Å². The molecule has 0 saturated heterocycles. The minimum absolute atomic E-state index is 0.0394. The lowest BCUT2D eigenvalue weighted by molar-refractivity contribution is -0.122. The SMILES string of the molecule is CC(N)CC(=O)NC1(CO)CC1. The molecule has 4 nitrogen and oxygen atoms in total. The van der Waals surface area contributed by atoms with Crippen molar-refractivity contribution in [2.45, 2.75) is 37.8 Å². The molecule has 0 spiro atoms. The third kappa shape index (κ3) is 2.46. The van der Waals surface area contributed by atoms with Gasteiger partial charge in [-0.2, -0.15) is 0 Å². The fraction of sp³-hybridized carbons (Fsp3) is 0.875. The lowest BCUT2D eigenvalue weighted by Gasteiger charge is -2.14. The lowest BCUT2D eigenvalue weighted by Crippen LogP contribution is -2.41. The molecule has 0 radical (unpaired) electrons. The van der Waals surface area contributed by atoms with Crippen LogP contribution in [-0.4, -0.2) is 29.2 Å². The number of aliphatic hydroxyl groups excluding tert-OH is 1. The summed E-state index contributed by atoms with van der Waals surface area (Å²) in [6.07, 6.45) is 2.10. The summed E-state index contributed by atoms with van der Waals surface area (Å²) in [5.41, 5.74) is 5.15. The van der Waals surface area contributed by atoms with Crippen molar-refractivity contribution in [2.75, 3.05) is 6.61 Å². The minimum atomic E-state index is -0.300. The Labute approximate surface area is 72.1 Å². The number of carbonyl (C=O) groups excluding carboxylic acids is 1. The van der Waals surface area contributed by atoms with Gasteiger partial charge in [0.05, 0.1) is 12.1 Å². The van der Waals surface area contributed by atoms with Crippen molar-refractivity contribution < 1.29 is 9.90 Å². The second-order valence-corrected chi connectivity index (χ2v) is 3.67. The van der Waals surface area contributed by atoms with Crippen molar-refractivity contribution in [1.29, 1.82) is 0 Å². The smallest absolute Gasteiger partial charge is 0.222 e. The Bertz CT molecular complexity index is 176.